The van der Waals surface area contributed by atoms with Gasteiger partial charge < -0.3 is 5.32 Å². The maximum atomic E-state index is 13.1. The van der Waals surface area contributed by atoms with Gasteiger partial charge in [-0.15, -0.1) is 0 Å². The monoisotopic (exact) mass is 450 g/mol. The number of nitrogens with zero attached hydrogens (tertiary/aromatic N) is 1. The second-order valence-corrected chi connectivity index (χ2v) is 10.8. The minimum Gasteiger partial charge on any atom is -0.322 e. The Labute approximate surface area is 191 Å². The first-order chi connectivity index (χ1) is 15.1. The topological polar surface area (TPSA) is 66.5 Å². The van der Waals surface area contributed by atoms with Crippen LogP contribution in [0.15, 0.2) is 66.7 Å². The highest BCUT2D eigenvalue weighted by atomic mass is 32.2. The molecule has 0 aromatic heterocycles. The van der Waals surface area contributed by atoms with Crippen LogP contribution in [-0.2, 0) is 16.6 Å². The minimum atomic E-state index is -3.52. The highest BCUT2D eigenvalue weighted by Gasteiger charge is 2.26. The zero-order chi connectivity index (χ0) is 23.5. The van der Waals surface area contributed by atoms with Gasteiger partial charge in [-0.05, 0) is 87.7 Å². The molecule has 1 amide bonds. The Bertz CT molecular complexity index is 1200. The number of rotatable bonds is 7. The molecule has 0 atom stereocenters. The lowest BCUT2D eigenvalue weighted by atomic mass is 10.1. The maximum Gasteiger partial charge on any atom is 0.255 e. The fraction of sp³-hybridized carbons (Fsp3) is 0.269. The van der Waals surface area contributed by atoms with Crippen molar-refractivity contribution in [2.24, 2.45) is 0 Å². The van der Waals surface area contributed by atoms with Crippen LogP contribution in [0, 0.1) is 20.8 Å². The molecule has 0 saturated carbocycles. The standard InChI is InChI=1S/C26H30N2O3S/c1-18(2)32(30,31)28(25-15-8-20(4)21(5)16-25)17-22-9-13-24(14-10-22)27-26(29)23-11-6-19(3)7-12-23/h6-16,18H,17H2,1-5H3,(H,27,29). The van der Waals surface area contributed by atoms with Gasteiger partial charge in [-0.25, -0.2) is 8.42 Å². The number of aryl methyl sites for hydroxylation is 3. The first-order valence-corrected chi connectivity index (χ1v) is 12.1. The first kappa shape index (κ1) is 23.5. The van der Waals surface area contributed by atoms with Gasteiger partial charge in [0.1, 0.15) is 0 Å². The van der Waals surface area contributed by atoms with E-state index in [1.165, 1.54) is 4.31 Å². The van der Waals surface area contributed by atoms with Gasteiger partial charge in [-0.2, -0.15) is 0 Å². The van der Waals surface area contributed by atoms with Crippen LogP contribution in [0.1, 0.15) is 46.5 Å². The fourth-order valence-electron chi connectivity index (χ4n) is 3.23. The van der Waals surface area contributed by atoms with Crippen molar-refractivity contribution >= 4 is 27.3 Å². The number of hydrogen-bond donors (Lipinski definition) is 1. The molecular weight excluding hydrogens is 420 g/mol. The molecule has 0 aliphatic rings. The summed E-state index contributed by atoms with van der Waals surface area (Å²) in [6, 6.07) is 20.3. The van der Waals surface area contributed by atoms with E-state index in [-0.39, 0.29) is 12.5 Å². The van der Waals surface area contributed by atoms with Crippen molar-refractivity contribution in [2.45, 2.75) is 46.4 Å². The predicted octanol–water partition coefficient (Wildman–Crippen LogP) is 5.61. The minimum absolute atomic E-state index is 0.183. The molecule has 3 aromatic carbocycles. The van der Waals surface area contributed by atoms with E-state index in [2.05, 4.69) is 5.32 Å². The molecule has 0 bridgehead atoms. The number of sulfonamides is 1. The number of carbonyl (C=O) groups is 1. The lowest BCUT2D eigenvalue weighted by Gasteiger charge is -2.27. The van der Waals surface area contributed by atoms with Crippen molar-refractivity contribution in [1.82, 2.24) is 0 Å². The average Bonchev–Trinajstić information content (AvgIpc) is 2.75. The normalized spacial score (nSPS) is 11.4. The zero-order valence-electron chi connectivity index (χ0n) is 19.2. The average molecular weight is 451 g/mol. The van der Waals surface area contributed by atoms with Gasteiger partial charge >= 0.3 is 0 Å². The van der Waals surface area contributed by atoms with Crippen molar-refractivity contribution in [3.8, 4) is 0 Å². The lowest BCUT2D eigenvalue weighted by Crippen LogP contribution is -2.36. The molecule has 0 saturated heterocycles. The summed E-state index contributed by atoms with van der Waals surface area (Å²) in [6.45, 7) is 9.55. The molecule has 0 aliphatic heterocycles. The van der Waals surface area contributed by atoms with E-state index < -0.39 is 15.3 Å². The van der Waals surface area contributed by atoms with Gasteiger partial charge in [0.05, 0.1) is 17.5 Å². The first-order valence-electron chi connectivity index (χ1n) is 10.6. The van der Waals surface area contributed by atoms with Crippen LogP contribution in [0.25, 0.3) is 0 Å². The molecule has 6 heteroatoms. The largest absolute Gasteiger partial charge is 0.322 e. The van der Waals surface area contributed by atoms with E-state index >= 15 is 0 Å². The Morgan fingerprint density at radius 3 is 2.06 bits per heavy atom. The molecule has 5 nitrogen and oxygen atoms in total. The number of hydrogen-bond acceptors (Lipinski definition) is 3. The van der Waals surface area contributed by atoms with Gasteiger partial charge in [-0.3, -0.25) is 9.10 Å². The van der Waals surface area contributed by atoms with Crippen LogP contribution in [0.5, 0.6) is 0 Å². The number of anilines is 2. The molecule has 0 radical (unpaired) electrons. The summed E-state index contributed by atoms with van der Waals surface area (Å²) < 4.78 is 27.6. The van der Waals surface area contributed by atoms with E-state index in [0.717, 1.165) is 22.3 Å². The summed E-state index contributed by atoms with van der Waals surface area (Å²) in [5.41, 5.74) is 5.98. The molecule has 0 unspecified atom stereocenters. The third-order valence-corrected chi connectivity index (χ3v) is 7.68. The van der Waals surface area contributed by atoms with Gasteiger partial charge in [-0.1, -0.05) is 35.9 Å². The Hall–Kier alpha value is -3.12. The molecule has 32 heavy (non-hydrogen) atoms. The quantitative estimate of drug-likeness (QED) is 0.509. The van der Waals surface area contributed by atoms with Crippen LogP contribution in [0.3, 0.4) is 0 Å². The van der Waals surface area contributed by atoms with Crippen molar-refractivity contribution in [3.05, 3.63) is 94.5 Å². The Morgan fingerprint density at radius 2 is 1.50 bits per heavy atom. The third kappa shape index (κ3) is 5.37. The maximum absolute atomic E-state index is 13.1. The summed E-state index contributed by atoms with van der Waals surface area (Å²) in [5.74, 6) is -0.183. The molecule has 0 aliphatic carbocycles. The molecule has 0 fully saturated rings. The smallest absolute Gasteiger partial charge is 0.255 e. The van der Waals surface area contributed by atoms with Crippen molar-refractivity contribution < 1.29 is 13.2 Å². The van der Waals surface area contributed by atoms with Crippen molar-refractivity contribution in [2.75, 3.05) is 9.62 Å². The molecular formula is C26H30N2O3S. The summed E-state index contributed by atoms with van der Waals surface area (Å²) in [6.07, 6.45) is 0. The molecule has 3 aromatic rings. The number of benzene rings is 3. The Morgan fingerprint density at radius 1 is 0.875 bits per heavy atom. The fourth-order valence-corrected chi connectivity index (χ4v) is 4.48. The van der Waals surface area contributed by atoms with Crippen LogP contribution in [0.4, 0.5) is 11.4 Å². The van der Waals surface area contributed by atoms with Crippen LogP contribution >= 0.6 is 0 Å². The zero-order valence-corrected chi connectivity index (χ0v) is 20.0. The van der Waals surface area contributed by atoms with Gasteiger partial charge in [0, 0.05) is 11.3 Å². The summed E-state index contributed by atoms with van der Waals surface area (Å²) in [5, 5.41) is 2.34. The van der Waals surface area contributed by atoms with E-state index in [4.69, 9.17) is 0 Å². The molecule has 3 rings (SSSR count). The molecule has 1 N–H and O–H groups in total. The van der Waals surface area contributed by atoms with Crippen LogP contribution in [0.2, 0.25) is 0 Å². The van der Waals surface area contributed by atoms with Gasteiger partial charge in [0.25, 0.3) is 5.91 Å². The van der Waals surface area contributed by atoms with Crippen molar-refractivity contribution in [3.63, 3.8) is 0 Å². The predicted molar refractivity (Wildman–Crippen MR) is 132 cm³/mol. The highest BCUT2D eigenvalue weighted by Crippen LogP contribution is 2.26. The van der Waals surface area contributed by atoms with Gasteiger partial charge in [0.15, 0.2) is 0 Å². The van der Waals surface area contributed by atoms with Crippen LogP contribution in [-0.4, -0.2) is 19.6 Å². The summed E-state index contributed by atoms with van der Waals surface area (Å²) in [7, 11) is -3.52. The third-order valence-electron chi connectivity index (χ3n) is 5.53. The Kier molecular flexibility index (Phi) is 7.04. The van der Waals surface area contributed by atoms with E-state index in [1.807, 2.05) is 63.2 Å². The van der Waals surface area contributed by atoms with Gasteiger partial charge in [0.2, 0.25) is 10.0 Å². The number of nitrogens with one attached hydrogen (secondary N) is 1. The molecule has 0 spiro atoms. The summed E-state index contributed by atoms with van der Waals surface area (Å²) >= 11 is 0. The number of amides is 1. The summed E-state index contributed by atoms with van der Waals surface area (Å²) in [4.78, 5) is 12.4. The lowest BCUT2D eigenvalue weighted by molar-refractivity contribution is 0.102. The van der Waals surface area contributed by atoms with E-state index in [9.17, 15) is 13.2 Å². The second kappa shape index (κ2) is 9.57. The van der Waals surface area contributed by atoms with E-state index in [0.29, 0.717) is 16.9 Å². The highest BCUT2D eigenvalue weighted by molar-refractivity contribution is 7.93. The SMILES string of the molecule is Cc1ccc(C(=O)Nc2ccc(CN(c3ccc(C)c(C)c3)S(=O)(=O)C(C)C)cc2)cc1. The van der Waals surface area contributed by atoms with Crippen molar-refractivity contribution in [1.29, 1.82) is 0 Å². The van der Waals surface area contributed by atoms with Crippen LogP contribution < -0.4 is 9.62 Å². The molecule has 0 heterocycles. The Balaban J connectivity index is 1.81. The van der Waals surface area contributed by atoms with E-state index in [1.54, 1.807) is 38.1 Å². The number of carbonyl (C=O) groups excluding carboxylic acids is 1. The second-order valence-electron chi connectivity index (χ2n) is 8.39. The molecule has 168 valence electrons.